The van der Waals surface area contributed by atoms with E-state index >= 15 is 0 Å². The van der Waals surface area contributed by atoms with Gasteiger partial charge in [0.2, 0.25) is 0 Å². The molecular weight excluding hydrogens is 274 g/mol. The molecule has 0 unspecified atom stereocenters. The lowest BCUT2D eigenvalue weighted by Crippen LogP contribution is -2.19. The summed E-state index contributed by atoms with van der Waals surface area (Å²) < 4.78 is 0. The molecule has 0 spiro atoms. The van der Waals surface area contributed by atoms with E-state index < -0.39 is 0 Å². The molecule has 0 atom stereocenters. The molecule has 1 aromatic heterocycles. The second kappa shape index (κ2) is 8.82. The fourth-order valence-electron chi connectivity index (χ4n) is 1.75. The SMILES string of the molecule is CCc1nc(N(C)CCSC)sc1CNCC(C)C. The Balaban J connectivity index is 2.62. The average molecular weight is 302 g/mol. The zero-order chi connectivity index (χ0) is 14.3. The monoisotopic (exact) mass is 301 g/mol. The van der Waals surface area contributed by atoms with Gasteiger partial charge in [0.05, 0.1) is 5.69 Å². The van der Waals surface area contributed by atoms with Gasteiger partial charge in [-0.1, -0.05) is 20.8 Å². The third-order valence-corrected chi connectivity index (χ3v) is 4.70. The van der Waals surface area contributed by atoms with E-state index in [1.165, 1.54) is 10.6 Å². The van der Waals surface area contributed by atoms with Crippen LogP contribution in [0.1, 0.15) is 31.3 Å². The maximum absolute atomic E-state index is 4.77. The van der Waals surface area contributed by atoms with Gasteiger partial charge in [-0.2, -0.15) is 11.8 Å². The normalized spacial score (nSPS) is 11.3. The van der Waals surface area contributed by atoms with Crippen molar-refractivity contribution in [3.63, 3.8) is 0 Å². The molecule has 0 aliphatic carbocycles. The van der Waals surface area contributed by atoms with E-state index in [2.05, 4.69) is 44.3 Å². The van der Waals surface area contributed by atoms with Crippen molar-refractivity contribution in [2.45, 2.75) is 33.7 Å². The van der Waals surface area contributed by atoms with Crippen molar-refractivity contribution in [1.82, 2.24) is 10.3 Å². The molecule has 1 heterocycles. The van der Waals surface area contributed by atoms with E-state index in [1.807, 2.05) is 23.1 Å². The Bertz CT molecular complexity index is 364. The summed E-state index contributed by atoms with van der Waals surface area (Å²) in [6.45, 7) is 9.75. The quantitative estimate of drug-likeness (QED) is 0.758. The number of hydrogen-bond acceptors (Lipinski definition) is 5. The van der Waals surface area contributed by atoms with Crippen LogP contribution in [0.3, 0.4) is 0 Å². The van der Waals surface area contributed by atoms with Crippen molar-refractivity contribution in [2.24, 2.45) is 5.92 Å². The predicted molar refractivity (Wildman–Crippen MR) is 89.7 cm³/mol. The Morgan fingerprint density at radius 1 is 1.42 bits per heavy atom. The predicted octanol–water partition coefficient (Wildman–Crippen LogP) is 3.25. The summed E-state index contributed by atoms with van der Waals surface area (Å²) in [5.41, 5.74) is 1.26. The third kappa shape index (κ3) is 5.71. The van der Waals surface area contributed by atoms with Crippen LogP contribution < -0.4 is 10.2 Å². The molecule has 19 heavy (non-hydrogen) atoms. The molecule has 0 fully saturated rings. The van der Waals surface area contributed by atoms with E-state index in [0.29, 0.717) is 5.92 Å². The Kier molecular flexibility index (Phi) is 7.80. The van der Waals surface area contributed by atoms with Crippen LogP contribution in [0, 0.1) is 5.92 Å². The highest BCUT2D eigenvalue weighted by atomic mass is 32.2. The Hall–Kier alpha value is -0.260. The highest BCUT2D eigenvalue weighted by Crippen LogP contribution is 2.26. The van der Waals surface area contributed by atoms with Crippen LogP contribution in [0.5, 0.6) is 0 Å². The standard InChI is InChI=1S/C14H27N3S2/c1-6-12-13(10-15-9-11(2)3)19-14(16-12)17(4)7-8-18-5/h11,15H,6-10H2,1-5H3. The number of nitrogens with zero attached hydrogens (tertiary/aromatic N) is 2. The molecule has 0 bridgehead atoms. The van der Waals surface area contributed by atoms with E-state index in [-0.39, 0.29) is 0 Å². The fraction of sp³-hybridized carbons (Fsp3) is 0.786. The first-order valence-electron chi connectivity index (χ1n) is 6.97. The highest BCUT2D eigenvalue weighted by molar-refractivity contribution is 7.98. The van der Waals surface area contributed by atoms with Crippen LogP contribution in [0.4, 0.5) is 5.13 Å². The van der Waals surface area contributed by atoms with E-state index in [0.717, 1.165) is 36.9 Å². The van der Waals surface area contributed by atoms with Gasteiger partial charge < -0.3 is 10.2 Å². The minimum Gasteiger partial charge on any atom is -0.350 e. The lowest BCUT2D eigenvalue weighted by atomic mass is 10.2. The van der Waals surface area contributed by atoms with Crippen LogP contribution in [0.15, 0.2) is 0 Å². The van der Waals surface area contributed by atoms with Crippen molar-refractivity contribution in [2.75, 3.05) is 37.0 Å². The second-order valence-corrected chi connectivity index (χ2v) is 7.21. The lowest BCUT2D eigenvalue weighted by Gasteiger charge is -2.14. The zero-order valence-electron chi connectivity index (χ0n) is 12.8. The van der Waals surface area contributed by atoms with Crippen molar-refractivity contribution < 1.29 is 0 Å². The first kappa shape index (κ1) is 16.8. The summed E-state index contributed by atoms with van der Waals surface area (Å²) in [7, 11) is 2.14. The molecule has 110 valence electrons. The molecule has 1 rings (SSSR count). The molecule has 0 aromatic carbocycles. The Morgan fingerprint density at radius 2 is 2.16 bits per heavy atom. The minimum atomic E-state index is 0.696. The topological polar surface area (TPSA) is 28.2 Å². The smallest absolute Gasteiger partial charge is 0.185 e. The third-order valence-electron chi connectivity index (χ3n) is 2.90. The van der Waals surface area contributed by atoms with Crippen LogP contribution in [-0.2, 0) is 13.0 Å². The summed E-state index contributed by atoms with van der Waals surface area (Å²) in [5, 5.41) is 4.68. The summed E-state index contributed by atoms with van der Waals surface area (Å²) in [4.78, 5) is 8.44. The van der Waals surface area contributed by atoms with Gasteiger partial charge in [0, 0.05) is 30.8 Å². The van der Waals surface area contributed by atoms with Crippen LogP contribution in [-0.4, -0.2) is 37.1 Å². The van der Waals surface area contributed by atoms with Crippen molar-refractivity contribution in [3.8, 4) is 0 Å². The summed E-state index contributed by atoms with van der Waals surface area (Å²) in [6.07, 6.45) is 3.17. The number of hydrogen-bond donors (Lipinski definition) is 1. The zero-order valence-corrected chi connectivity index (χ0v) is 14.5. The molecular formula is C14H27N3S2. The maximum atomic E-state index is 4.77. The van der Waals surface area contributed by atoms with E-state index in [4.69, 9.17) is 4.98 Å². The van der Waals surface area contributed by atoms with Crippen LogP contribution in [0.2, 0.25) is 0 Å². The fourth-order valence-corrected chi connectivity index (χ4v) is 3.31. The first-order valence-corrected chi connectivity index (χ1v) is 9.18. The number of anilines is 1. The number of thiazole rings is 1. The number of nitrogens with one attached hydrogen (secondary N) is 1. The first-order chi connectivity index (χ1) is 9.08. The van der Waals surface area contributed by atoms with E-state index in [9.17, 15) is 0 Å². The van der Waals surface area contributed by atoms with Gasteiger partial charge in [0.1, 0.15) is 0 Å². The Labute approximate surface area is 126 Å². The number of rotatable bonds is 9. The largest absolute Gasteiger partial charge is 0.350 e. The van der Waals surface area contributed by atoms with Crippen molar-refractivity contribution >= 4 is 28.2 Å². The Morgan fingerprint density at radius 3 is 2.74 bits per heavy atom. The molecule has 3 nitrogen and oxygen atoms in total. The molecule has 5 heteroatoms. The minimum absolute atomic E-state index is 0.696. The summed E-state index contributed by atoms with van der Waals surface area (Å²) >= 11 is 3.72. The van der Waals surface area contributed by atoms with Gasteiger partial charge in [-0.25, -0.2) is 4.98 Å². The van der Waals surface area contributed by atoms with Gasteiger partial charge in [-0.05, 0) is 25.1 Å². The van der Waals surface area contributed by atoms with Gasteiger partial charge in [-0.3, -0.25) is 0 Å². The molecule has 1 aromatic rings. The molecule has 0 amide bonds. The van der Waals surface area contributed by atoms with Gasteiger partial charge in [0.15, 0.2) is 5.13 Å². The summed E-state index contributed by atoms with van der Waals surface area (Å²) in [6, 6.07) is 0. The molecule has 0 aliphatic rings. The van der Waals surface area contributed by atoms with Crippen molar-refractivity contribution in [1.29, 1.82) is 0 Å². The second-order valence-electron chi connectivity index (χ2n) is 5.16. The highest BCUT2D eigenvalue weighted by Gasteiger charge is 2.12. The van der Waals surface area contributed by atoms with E-state index in [1.54, 1.807) is 0 Å². The molecule has 0 radical (unpaired) electrons. The van der Waals surface area contributed by atoms with Crippen molar-refractivity contribution in [3.05, 3.63) is 10.6 Å². The molecule has 0 aliphatic heterocycles. The maximum Gasteiger partial charge on any atom is 0.185 e. The molecule has 1 N–H and O–H groups in total. The van der Waals surface area contributed by atoms with Gasteiger partial charge in [-0.15, -0.1) is 11.3 Å². The number of thioether (sulfide) groups is 1. The number of aryl methyl sites for hydroxylation is 1. The summed E-state index contributed by atoms with van der Waals surface area (Å²) in [5.74, 6) is 1.85. The van der Waals surface area contributed by atoms with Crippen LogP contribution >= 0.6 is 23.1 Å². The molecule has 0 saturated heterocycles. The van der Waals surface area contributed by atoms with Gasteiger partial charge >= 0.3 is 0 Å². The average Bonchev–Trinajstić information content (AvgIpc) is 2.79. The van der Waals surface area contributed by atoms with Gasteiger partial charge in [0.25, 0.3) is 0 Å². The molecule has 0 saturated carbocycles. The van der Waals surface area contributed by atoms with Crippen LogP contribution in [0.25, 0.3) is 0 Å². The number of aromatic nitrogens is 1. The lowest BCUT2D eigenvalue weighted by molar-refractivity contribution is 0.553.